The van der Waals surface area contributed by atoms with Crippen molar-refractivity contribution >= 4 is 6.09 Å². The molecule has 0 bridgehead atoms. The Balaban J connectivity index is 1.08. The Kier molecular flexibility index (Phi) is 10.4. The number of carbonyl (C=O) groups is 1. The monoisotopic (exact) mass is 641 g/mol. The molecule has 1 aliphatic carbocycles. The van der Waals surface area contributed by atoms with Crippen LogP contribution in [0.25, 0.3) is 11.1 Å². The molecule has 0 aromatic heterocycles. The third-order valence-corrected chi connectivity index (χ3v) is 9.20. The predicted octanol–water partition coefficient (Wildman–Crippen LogP) is 9.11. The number of hydrogen-bond donors (Lipinski definition) is 1. The Morgan fingerprint density at radius 3 is 1.71 bits per heavy atom. The number of benzene rings is 5. The van der Waals surface area contributed by atoms with E-state index in [-0.39, 0.29) is 18.1 Å². The molecule has 6 rings (SSSR count). The Morgan fingerprint density at radius 1 is 0.667 bits per heavy atom. The summed E-state index contributed by atoms with van der Waals surface area (Å²) in [5, 5.41) is 2.95. The molecule has 6 heteroatoms. The number of nitrogens with one attached hydrogen (secondary N) is 1. The standard InChI is InChI=1S/C42H43NO5/c1-30(13-11-12-28-43-41(44)47-29-40-38-18-9-7-16-36(38)37-17-8-10-19-39(37)40)48-42(31-14-5-4-6-15-31,32-20-24-34(45-2)25-21-32)33-22-26-35(46-3)27-23-33/h4-10,14-27,30,40H,11-13,28-29H2,1-3H3,(H,43,44). The highest BCUT2D eigenvalue weighted by atomic mass is 16.5. The molecule has 0 saturated carbocycles. The third kappa shape index (κ3) is 6.95. The Bertz CT molecular complexity index is 1690. The number of ether oxygens (including phenoxy) is 4. The van der Waals surface area contributed by atoms with E-state index in [0.717, 1.165) is 47.5 Å². The van der Waals surface area contributed by atoms with Gasteiger partial charge in [0.05, 0.1) is 20.3 Å². The van der Waals surface area contributed by atoms with Gasteiger partial charge >= 0.3 is 6.09 Å². The summed E-state index contributed by atoms with van der Waals surface area (Å²) in [6.45, 7) is 2.96. The highest BCUT2D eigenvalue weighted by molar-refractivity contribution is 5.79. The second kappa shape index (κ2) is 15.2. The first-order chi connectivity index (χ1) is 23.5. The van der Waals surface area contributed by atoms with Crippen LogP contribution in [0.2, 0.25) is 0 Å². The van der Waals surface area contributed by atoms with Crippen LogP contribution >= 0.6 is 0 Å². The molecule has 48 heavy (non-hydrogen) atoms. The maximum Gasteiger partial charge on any atom is 0.407 e. The molecular weight excluding hydrogens is 598 g/mol. The maximum absolute atomic E-state index is 12.7. The number of unbranched alkanes of at least 4 members (excludes halogenated alkanes) is 1. The molecule has 1 aliphatic rings. The SMILES string of the molecule is COc1ccc(C(OC(C)CCCCNC(=O)OCC2c3ccccc3-c3ccccc32)(c2ccccc2)c2ccc(OC)cc2)cc1. The fourth-order valence-electron chi connectivity index (χ4n) is 6.79. The lowest BCUT2D eigenvalue weighted by Gasteiger charge is -2.38. The van der Waals surface area contributed by atoms with Gasteiger partial charge in [0.1, 0.15) is 23.7 Å². The second-order valence-corrected chi connectivity index (χ2v) is 12.2. The molecule has 6 nitrogen and oxygen atoms in total. The van der Waals surface area contributed by atoms with Crippen LogP contribution in [0.5, 0.6) is 11.5 Å². The average Bonchev–Trinajstić information content (AvgIpc) is 3.46. The molecule has 0 heterocycles. The van der Waals surface area contributed by atoms with Crippen molar-refractivity contribution in [2.75, 3.05) is 27.4 Å². The molecule has 5 aromatic rings. The van der Waals surface area contributed by atoms with Gasteiger partial charge in [-0.15, -0.1) is 0 Å². The summed E-state index contributed by atoms with van der Waals surface area (Å²) in [7, 11) is 3.34. The normalized spacial score (nSPS) is 12.9. The van der Waals surface area contributed by atoms with Gasteiger partial charge in [-0.05, 0) is 89.4 Å². The topological polar surface area (TPSA) is 66.0 Å². The van der Waals surface area contributed by atoms with Crippen molar-refractivity contribution in [3.63, 3.8) is 0 Å². The number of amides is 1. The average molecular weight is 642 g/mol. The third-order valence-electron chi connectivity index (χ3n) is 9.20. The maximum atomic E-state index is 12.7. The van der Waals surface area contributed by atoms with Crippen LogP contribution in [0.3, 0.4) is 0 Å². The number of carbonyl (C=O) groups excluding carboxylic acids is 1. The summed E-state index contributed by atoms with van der Waals surface area (Å²) in [5.74, 6) is 1.61. The summed E-state index contributed by atoms with van der Waals surface area (Å²) in [6.07, 6.45) is 2.02. The highest BCUT2D eigenvalue weighted by Crippen LogP contribution is 2.45. The van der Waals surface area contributed by atoms with Crippen molar-refractivity contribution in [3.05, 3.63) is 155 Å². The van der Waals surface area contributed by atoms with Gasteiger partial charge in [-0.25, -0.2) is 4.79 Å². The van der Waals surface area contributed by atoms with Gasteiger partial charge in [0.25, 0.3) is 0 Å². The van der Waals surface area contributed by atoms with Gasteiger partial charge in [-0.3, -0.25) is 0 Å². The van der Waals surface area contributed by atoms with Crippen LogP contribution in [-0.2, 0) is 15.1 Å². The minimum Gasteiger partial charge on any atom is -0.497 e. The molecule has 1 unspecified atom stereocenters. The molecule has 1 atom stereocenters. The first kappa shape index (κ1) is 32.9. The predicted molar refractivity (Wildman–Crippen MR) is 190 cm³/mol. The molecular formula is C42H43NO5. The molecule has 5 aromatic carbocycles. The molecule has 246 valence electrons. The number of methoxy groups -OCH3 is 2. The van der Waals surface area contributed by atoms with E-state index in [1.165, 1.54) is 22.3 Å². The fourth-order valence-corrected chi connectivity index (χ4v) is 6.79. The van der Waals surface area contributed by atoms with Crippen molar-refractivity contribution in [2.24, 2.45) is 0 Å². The summed E-state index contributed by atoms with van der Waals surface area (Å²) >= 11 is 0. The number of fused-ring (bicyclic) bond motifs is 3. The lowest BCUT2D eigenvalue weighted by atomic mass is 9.79. The van der Waals surface area contributed by atoms with Crippen molar-refractivity contribution in [1.29, 1.82) is 0 Å². The van der Waals surface area contributed by atoms with E-state index in [2.05, 4.69) is 85.0 Å². The first-order valence-corrected chi connectivity index (χ1v) is 16.6. The fraction of sp³-hybridized carbons (Fsp3) is 0.262. The number of hydrogen-bond acceptors (Lipinski definition) is 5. The zero-order valence-corrected chi connectivity index (χ0v) is 27.9. The van der Waals surface area contributed by atoms with E-state index in [0.29, 0.717) is 13.2 Å². The molecule has 0 fully saturated rings. The quantitative estimate of drug-likeness (QED) is 0.0968. The molecule has 0 radical (unpaired) electrons. The largest absolute Gasteiger partial charge is 0.497 e. The van der Waals surface area contributed by atoms with E-state index in [9.17, 15) is 4.79 Å². The summed E-state index contributed by atoms with van der Waals surface area (Å²) in [6, 6.07) is 43.2. The summed E-state index contributed by atoms with van der Waals surface area (Å²) < 4.78 is 23.8. The smallest absolute Gasteiger partial charge is 0.407 e. The van der Waals surface area contributed by atoms with E-state index in [4.69, 9.17) is 18.9 Å². The highest BCUT2D eigenvalue weighted by Gasteiger charge is 2.39. The summed E-state index contributed by atoms with van der Waals surface area (Å²) in [5.41, 5.74) is 7.02. The minimum atomic E-state index is -0.862. The molecule has 1 amide bonds. The van der Waals surface area contributed by atoms with Gasteiger partial charge in [0.2, 0.25) is 0 Å². The van der Waals surface area contributed by atoms with Gasteiger partial charge in [-0.2, -0.15) is 0 Å². The van der Waals surface area contributed by atoms with Crippen LogP contribution in [-0.4, -0.2) is 39.6 Å². The second-order valence-electron chi connectivity index (χ2n) is 12.2. The van der Waals surface area contributed by atoms with Crippen LogP contribution in [0.4, 0.5) is 4.79 Å². The lowest BCUT2D eigenvalue weighted by molar-refractivity contribution is -0.0426. The van der Waals surface area contributed by atoms with E-state index < -0.39 is 5.60 Å². The number of rotatable bonds is 14. The Labute approximate surface area is 283 Å². The Hall–Kier alpha value is -5.07. The van der Waals surface area contributed by atoms with Gasteiger partial charge < -0.3 is 24.3 Å². The molecule has 0 aliphatic heterocycles. The van der Waals surface area contributed by atoms with Crippen molar-refractivity contribution in [1.82, 2.24) is 5.32 Å². The van der Waals surface area contributed by atoms with Crippen molar-refractivity contribution in [2.45, 2.75) is 43.8 Å². The first-order valence-electron chi connectivity index (χ1n) is 16.6. The van der Waals surface area contributed by atoms with Crippen LogP contribution in [0.1, 0.15) is 59.9 Å². The van der Waals surface area contributed by atoms with Gasteiger partial charge in [0.15, 0.2) is 0 Å². The van der Waals surface area contributed by atoms with Crippen molar-refractivity contribution < 1.29 is 23.7 Å². The van der Waals surface area contributed by atoms with Gasteiger partial charge in [-0.1, -0.05) is 103 Å². The molecule has 1 N–H and O–H groups in total. The molecule has 0 spiro atoms. The van der Waals surface area contributed by atoms with E-state index in [1.54, 1.807) is 14.2 Å². The van der Waals surface area contributed by atoms with Crippen LogP contribution in [0.15, 0.2) is 127 Å². The van der Waals surface area contributed by atoms with E-state index in [1.807, 2.05) is 54.6 Å². The lowest BCUT2D eigenvalue weighted by Crippen LogP contribution is -2.36. The zero-order valence-electron chi connectivity index (χ0n) is 27.9. The van der Waals surface area contributed by atoms with Crippen LogP contribution < -0.4 is 14.8 Å². The minimum absolute atomic E-state index is 0.0439. The number of alkyl carbamates (subject to hydrolysis) is 1. The van der Waals surface area contributed by atoms with E-state index >= 15 is 0 Å². The summed E-state index contributed by atoms with van der Waals surface area (Å²) in [4.78, 5) is 12.7. The van der Waals surface area contributed by atoms with Crippen LogP contribution in [0, 0.1) is 0 Å². The molecule has 0 saturated heterocycles. The Morgan fingerprint density at radius 2 is 1.17 bits per heavy atom. The van der Waals surface area contributed by atoms with Crippen molar-refractivity contribution in [3.8, 4) is 22.6 Å². The zero-order chi connectivity index (χ0) is 33.3. The van der Waals surface area contributed by atoms with Gasteiger partial charge in [0, 0.05) is 12.5 Å².